The van der Waals surface area contributed by atoms with Crippen molar-refractivity contribution in [2.45, 2.75) is 13.3 Å². The monoisotopic (exact) mass is 404 g/mol. The van der Waals surface area contributed by atoms with Crippen LogP contribution < -0.4 is 0 Å². The van der Waals surface area contributed by atoms with Crippen LogP contribution in [0.1, 0.15) is 17.5 Å². The fourth-order valence-electron chi connectivity index (χ4n) is 2.72. The summed E-state index contributed by atoms with van der Waals surface area (Å²) in [7, 11) is 0. The molecule has 0 fully saturated rings. The number of nitro benzene ring substituents is 1. The molecular formula is C20H16N6O2S. The predicted octanol–water partition coefficient (Wildman–Crippen LogP) is 4.61. The zero-order chi connectivity index (χ0) is 20.2. The Morgan fingerprint density at radius 3 is 2.55 bits per heavy atom. The van der Waals surface area contributed by atoms with Gasteiger partial charge in [0.25, 0.3) is 5.69 Å². The molecule has 0 atom stereocenters. The van der Waals surface area contributed by atoms with Crippen LogP contribution >= 0.6 is 11.3 Å². The standard InChI is InChI=1S/C20H16N6O2S/c1-2-18-22-23-20(29-18)21-12-15-13-25(16-6-4-3-5-7-16)24-19(15)14-8-10-17(11-9-14)26(27)28/h3-13H,2H2,1H3/b21-12+. The summed E-state index contributed by atoms with van der Waals surface area (Å²) in [4.78, 5) is 15.0. The van der Waals surface area contributed by atoms with Gasteiger partial charge in [-0.05, 0) is 30.7 Å². The summed E-state index contributed by atoms with van der Waals surface area (Å²) in [5.41, 5.74) is 3.15. The largest absolute Gasteiger partial charge is 0.269 e. The molecule has 0 N–H and O–H groups in total. The SMILES string of the molecule is CCc1nnc(/N=C/c2cn(-c3ccccc3)nc2-c2ccc([N+](=O)[O-])cc2)s1. The van der Waals surface area contributed by atoms with Crippen LogP contribution in [-0.4, -0.2) is 31.1 Å². The van der Waals surface area contributed by atoms with E-state index in [1.54, 1.807) is 23.0 Å². The summed E-state index contributed by atoms with van der Waals surface area (Å²) in [6, 6.07) is 16.0. The Labute approximate surface area is 170 Å². The molecule has 0 radical (unpaired) electrons. The lowest BCUT2D eigenvalue weighted by Crippen LogP contribution is -1.94. The van der Waals surface area contributed by atoms with Crippen LogP contribution in [0.2, 0.25) is 0 Å². The highest BCUT2D eigenvalue weighted by Gasteiger charge is 2.13. The molecule has 4 aromatic rings. The average molecular weight is 404 g/mol. The highest BCUT2D eigenvalue weighted by Crippen LogP contribution is 2.26. The second-order valence-corrected chi connectivity index (χ2v) is 7.15. The zero-order valence-corrected chi connectivity index (χ0v) is 16.3. The second-order valence-electron chi connectivity index (χ2n) is 6.11. The first-order valence-corrected chi connectivity index (χ1v) is 9.72. The van der Waals surface area contributed by atoms with E-state index in [-0.39, 0.29) is 5.69 Å². The predicted molar refractivity (Wildman–Crippen MR) is 112 cm³/mol. The molecule has 0 amide bonds. The Morgan fingerprint density at radius 1 is 1.14 bits per heavy atom. The van der Waals surface area contributed by atoms with Gasteiger partial charge in [-0.2, -0.15) is 5.10 Å². The van der Waals surface area contributed by atoms with E-state index in [2.05, 4.69) is 20.3 Å². The summed E-state index contributed by atoms with van der Waals surface area (Å²) >= 11 is 1.44. The number of benzene rings is 2. The van der Waals surface area contributed by atoms with Crippen molar-refractivity contribution in [3.8, 4) is 16.9 Å². The minimum atomic E-state index is -0.421. The van der Waals surface area contributed by atoms with Gasteiger partial charge in [-0.3, -0.25) is 10.1 Å². The highest BCUT2D eigenvalue weighted by atomic mass is 32.1. The Morgan fingerprint density at radius 2 is 1.90 bits per heavy atom. The molecule has 2 heterocycles. The Balaban J connectivity index is 1.75. The van der Waals surface area contributed by atoms with Gasteiger partial charge in [-0.15, -0.1) is 10.2 Å². The van der Waals surface area contributed by atoms with Crippen molar-refractivity contribution in [1.82, 2.24) is 20.0 Å². The first-order valence-electron chi connectivity index (χ1n) is 8.90. The number of nitrogens with zero attached hydrogens (tertiary/aromatic N) is 6. The summed E-state index contributed by atoms with van der Waals surface area (Å²) in [6.45, 7) is 2.02. The molecule has 0 bridgehead atoms. The number of hydrogen-bond acceptors (Lipinski definition) is 7. The molecule has 0 aliphatic rings. The Kier molecular flexibility index (Phi) is 5.21. The normalized spacial score (nSPS) is 11.2. The Hall–Kier alpha value is -3.72. The lowest BCUT2D eigenvalue weighted by atomic mass is 10.1. The molecule has 8 nitrogen and oxygen atoms in total. The molecule has 0 aliphatic heterocycles. The Bertz CT molecular complexity index is 1170. The molecule has 2 aromatic heterocycles. The van der Waals surface area contributed by atoms with Crippen molar-refractivity contribution in [2.75, 3.05) is 0 Å². The number of aromatic nitrogens is 4. The number of non-ortho nitro benzene ring substituents is 1. The van der Waals surface area contributed by atoms with E-state index in [1.165, 1.54) is 23.5 Å². The molecule has 144 valence electrons. The fourth-order valence-corrected chi connectivity index (χ4v) is 3.35. The van der Waals surface area contributed by atoms with Crippen molar-refractivity contribution in [2.24, 2.45) is 4.99 Å². The zero-order valence-electron chi connectivity index (χ0n) is 15.5. The minimum absolute atomic E-state index is 0.0346. The van der Waals surface area contributed by atoms with Crippen LogP contribution in [0.4, 0.5) is 10.8 Å². The third kappa shape index (κ3) is 4.09. The van der Waals surface area contributed by atoms with Crippen molar-refractivity contribution >= 4 is 28.4 Å². The second kappa shape index (κ2) is 8.11. The van der Waals surface area contributed by atoms with Gasteiger partial charge in [0.05, 0.1) is 10.6 Å². The fraction of sp³-hybridized carbons (Fsp3) is 0.100. The van der Waals surface area contributed by atoms with Crippen LogP contribution in [0.3, 0.4) is 0 Å². The van der Waals surface area contributed by atoms with Gasteiger partial charge in [-0.1, -0.05) is 36.5 Å². The van der Waals surface area contributed by atoms with Crippen LogP contribution in [0, 0.1) is 10.1 Å². The average Bonchev–Trinajstić information content (AvgIpc) is 3.40. The van der Waals surface area contributed by atoms with Crippen LogP contribution in [0.25, 0.3) is 16.9 Å². The highest BCUT2D eigenvalue weighted by molar-refractivity contribution is 7.14. The maximum atomic E-state index is 10.9. The number of aryl methyl sites for hydroxylation is 1. The molecule has 0 unspecified atom stereocenters. The third-order valence-electron chi connectivity index (χ3n) is 4.19. The van der Waals surface area contributed by atoms with Crippen molar-refractivity contribution in [1.29, 1.82) is 0 Å². The van der Waals surface area contributed by atoms with Crippen molar-refractivity contribution in [3.05, 3.63) is 81.5 Å². The smallest absolute Gasteiger partial charge is 0.258 e. The molecule has 9 heteroatoms. The molecular weight excluding hydrogens is 388 g/mol. The first-order chi connectivity index (χ1) is 14.1. The van der Waals surface area contributed by atoms with Gasteiger partial charge in [0.2, 0.25) is 5.13 Å². The van der Waals surface area contributed by atoms with Crippen molar-refractivity contribution < 1.29 is 4.92 Å². The topological polar surface area (TPSA) is 99.1 Å². The molecule has 29 heavy (non-hydrogen) atoms. The number of para-hydroxylation sites is 1. The first kappa shape index (κ1) is 18.6. The summed E-state index contributed by atoms with van der Waals surface area (Å²) in [5, 5.41) is 25.3. The van der Waals surface area contributed by atoms with E-state index in [0.717, 1.165) is 28.2 Å². The number of nitro groups is 1. The maximum absolute atomic E-state index is 10.9. The summed E-state index contributed by atoms with van der Waals surface area (Å²) in [5.74, 6) is 0. The summed E-state index contributed by atoms with van der Waals surface area (Å²) < 4.78 is 1.76. The minimum Gasteiger partial charge on any atom is -0.258 e. The van der Waals surface area contributed by atoms with Gasteiger partial charge < -0.3 is 0 Å². The van der Waals surface area contributed by atoms with E-state index in [4.69, 9.17) is 0 Å². The van der Waals surface area contributed by atoms with Crippen LogP contribution in [0.5, 0.6) is 0 Å². The van der Waals surface area contributed by atoms with Crippen LogP contribution in [-0.2, 0) is 6.42 Å². The summed E-state index contributed by atoms with van der Waals surface area (Å²) in [6.07, 6.45) is 4.38. The van der Waals surface area contributed by atoms with E-state index >= 15 is 0 Å². The number of rotatable bonds is 6. The van der Waals surface area contributed by atoms with Gasteiger partial charge in [0.1, 0.15) is 10.7 Å². The lowest BCUT2D eigenvalue weighted by molar-refractivity contribution is -0.384. The van der Waals surface area contributed by atoms with E-state index < -0.39 is 4.92 Å². The van der Waals surface area contributed by atoms with Gasteiger partial charge >= 0.3 is 0 Å². The van der Waals surface area contributed by atoms with Gasteiger partial charge in [0.15, 0.2) is 0 Å². The van der Waals surface area contributed by atoms with Gasteiger partial charge in [0, 0.05) is 35.7 Å². The van der Waals surface area contributed by atoms with E-state index in [0.29, 0.717) is 10.8 Å². The molecule has 0 aliphatic carbocycles. The molecule has 4 rings (SSSR count). The molecule has 0 saturated carbocycles. The quantitative estimate of drug-likeness (QED) is 0.265. The molecule has 0 saturated heterocycles. The lowest BCUT2D eigenvalue weighted by Gasteiger charge is -2.00. The van der Waals surface area contributed by atoms with Gasteiger partial charge in [-0.25, -0.2) is 9.67 Å². The van der Waals surface area contributed by atoms with Crippen LogP contribution in [0.15, 0.2) is 65.8 Å². The maximum Gasteiger partial charge on any atom is 0.269 e. The van der Waals surface area contributed by atoms with E-state index in [9.17, 15) is 10.1 Å². The third-order valence-corrected chi connectivity index (χ3v) is 5.16. The molecule has 2 aromatic carbocycles. The van der Waals surface area contributed by atoms with E-state index in [1.807, 2.05) is 43.5 Å². The van der Waals surface area contributed by atoms with Crippen molar-refractivity contribution in [3.63, 3.8) is 0 Å². The number of aliphatic imine (C=N–C) groups is 1. The number of hydrogen-bond donors (Lipinski definition) is 0. The molecule has 0 spiro atoms.